The molecule has 1 N–H and O–H groups in total. The van der Waals surface area contributed by atoms with Crippen molar-refractivity contribution in [3.63, 3.8) is 0 Å². The average molecular weight is 425 g/mol. The summed E-state index contributed by atoms with van der Waals surface area (Å²) in [6, 6.07) is 7.20. The van der Waals surface area contributed by atoms with E-state index in [1.807, 2.05) is 4.90 Å². The second-order valence-electron chi connectivity index (χ2n) is 8.17. The van der Waals surface area contributed by atoms with Crippen molar-refractivity contribution in [3.05, 3.63) is 47.3 Å². The van der Waals surface area contributed by atoms with Gasteiger partial charge in [0.2, 0.25) is 5.91 Å². The van der Waals surface area contributed by atoms with Crippen LogP contribution in [-0.2, 0) is 9.53 Å². The van der Waals surface area contributed by atoms with Crippen LogP contribution in [0.4, 0.5) is 0 Å². The van der Waals surface area contributed by atoms with Crippen LogP contribution in [0.25, 0.3) is 5.69 Å². The van der Waals surface area contributed by atoms with Crippen LogP contribution in [0.3, 0.4) is 0 Å². The molecule has 164 valence electrons. The fourth-order valence-electron chi connectivity index (χ4n) is 3.93. The molecule has 1 aromatic carbocycles. The summed E-state index contributed by atoms with van der Waals surface area (Å²) in [6.07, 6.45) is 5.10. The highest BCUT2D eigenvalue weighted by atomic mass is 16.5. The third-order valence-corrected chi connectivity index (χ3v) is 5.95. The molecule has 8 heteroatoms. The van der Waals surface area contributed by atoms with Crippen LogP contribution < -0.4 is 5.32 Å². The Morgan fingerprint density at radius 3 is 2.39 bits per heavy atom. The zero-order valence-electron chi connectivity index (χ0n) is 18.0. The number of ether oxygens (including phenoxy) is 1. The molecule has 2 aliphatic rings. The highest BCUT2D eigenvalue weighted by molar-refractivity contribution is 5.94. The highest BCUT2D eigenvalue weighted by Gasteiger charge is 2.35. The number of benzene rings is 1. The molecule has 2 fully saturated rings. The summed E-state index contributed by atoms with van der Waals surface area (Å²) in [6.45, 7) is 5.29. The van der Waals surface area contributed by atoms with Crippen molar-refractivity contribution in [1.29, 1.82) is 0 Å². The van der Waals surface area contributed by atoms with E-state index in [4.69, 9.17) is 4.74 Å². The lowest BCUT2D eigenvalue weighted by Crippen LogP contribution is -2.47. The van der Waals surface area contributed by atoms with Crippen molar-refractivity contribution in [1.82, 2.24) is 20.0 Å². The molecule has 1 aromatic heterocycles. The minimum atomic E-state index is -0.396. The molecular weight excluding hydrogens is 396 g/mol. The average Bonchev–Trinajstić information content (AvgIpc) is 3.56. The molecule has 4 rings (SSSR count). The number of nitrogens with zero attached hydrogens (tertiary/aromatic N) is 3. The molecule has 0 radical (unpaired) electrons. The standard InChI is InChI=1S/C23H28N4O4/c1-3-31-23(30)20-14-24-27(15(20)2)19-8-6-16(7-9-19)21(28)25-18-10-12-26(13-11-18)22(29)17-4-5-17/h6-9,14,17-18H,3-5,10-13H2,1-2H3,(H,25,28). The minimum absolute atomic E-state index is 0.0796. The molecule has 0 bridgehead atoms. The molecule has 0 unspecified atom stereocenters. The topological polar surface area (TPSA) is 93.5 Å². The van der Waals surface area contributed by atoms with E-state index in [0.717, 1.165) is 31.4 Å². The molecule has 1 saturated heterocycles. The fraction of sp³-hybridized carbons (Fsp3) is 0.478. The Hall–Kier alpha value is -3.16. The number of hydrogen-bond acceptors (Lipinski definition) is 5. The van der Waals surface area contributed by atoms with Gasteiger partial charge in [-0.05, 0) is 63.8 Å². The number of rotatable bonds is 6. The number of piperidine rings is 1. The van der Waals surface area contributed by atoms with Gasteiger partial charge in [0.25, 0.3) is 5.91 Å². The number of aromatic nitrogens is 2. The van der Waals surface area contributed by atoms with Crippen LogP contribution in [-0.4, -0.2) is 58.2 Å². The van der Waals surface area contributed by atoms with Crippen LogP contribution in [0.5, 0.6) is 0 Å². The quantitative estimate of drug-likeness (QED) is 0.719. The number of hydrogen-bond donors (Lipinski definition) is 1. The summed E-state index contributed by atoms with van der Waals surface area (Å²) < 4.78 is 6.70. The largest absolute Gasteiger partial charge is 0.462 e. The van der Waals surface area contributed by atoms with Crippen molar-refractivity contribution < 1.29 is 19.1 Å². The summed E-state index contributed by atoms with van der Waals surface area (Å²) in [5, 5.41) is 7.36. The SMILES string of the molecule is CCOC(=O)c1cnn(-c2ccc(C(=O)NC3CCN(C(=O)C4CC4)CC3)cc2)c1C. The molecule has 2 aromatic rings. The molecule has 1 saturated carbocycles. The van der Waals surface area contributed by atoms with Gasteiger partial charge in [-0.3, -0.25) is 9.59 Å². The zero-order valence-corrected chi connectivity index (χ0v) is 18.0. The second kappa shape index (κ2) is 8.91. The van der Waals surface area contributed by atoms with Gasteiger partial charge < -0.3 is 15.0 Å². The van der Waals surface area contributed by atoms with E-state index < -0.39 is 5.97 Å². The van der Waals surface area contributed by atoms with E-state index in [1.54, 1.807) is 42.8 Å². The molecule has 31 heavy (non-hydrogen) atoms. The van der Waals surface area contributed by atoms with Gasteiger partial charge in [-0.25, -0.2) is 9.48 Å². The van der Waals surface area contributed by atoms with Gasteiger partial charge in [-0.15, -0.1) is 0 Å². The van der Waals surface area contributed by atoms with Crippen molar-refractivity contribution >= 4 is 17.8 Å². The van der Waals surface area contributed by atoms with Crippen molar-refractivity contribution in [2.45, 2.75) is 45.6 Å². The van der Waals surface area contributed by atoms with E-state index in [1.165, 1.54) is 6.20 Å². The number of carbonyl (C=O) groups excluding carboxylic acids is 3. The Balaban J connectivity index is 1.35. The first-order chi connectivity index (χ1) is 15.0. The summed E-state index contributed by atoms with van der Waals surface area (Å²) in [7, 11) is 0. The van der Waals surface area contributed by atoms with Gasteiger partial charge in [0.1, 0.15) is 5.56 Å². The van der Waals surface area contributed by atoms with Gasteiger partial charge >= 0.3 is 5.97 Å². The first-order valence-electron chi connectivity index (χ1n) is 10.9. The van der Waals surface area contributed by atoms with Gasteiger partial charge in [-0.1, -0.05) is 0 Å². The Labute approximate surface area is 181 Å². The van der Waals surface area contributed by atoms with Crippen molar-refractivity contribution in [3.8, 4) is 5.69 Å². The lowest BCUT2D eigenvalue weighted by atomic mass is 10.0. The molecule has 0 spiro atoms. The van der Waals surface area contributed by atoms with Crippen LogP contribution in [0, 0.1) is 12.8 Å². The van der Waals surface area contributed by atoms with E-state index in [-0.39, 0.29) is 23.8 Å². The second-order valence-corrected chi connectivity index (χ2v) is 8.17. The van der Waals surface area contributed by atoms with E-state index >= 15 is 0 Å². The predicted octanol–water partition coefficient (Wildman–Crippen LogP) is 2.49. The molecule has 2 heterocycles. The summed E-state index contributed by atoms with van der Waals surface area (Å²) >= 11 is 0. The first-order valence-corrected chi connectivity index (χ1v) is 10.9. The lowest BCUT2D eigenvalue weighted by molar-refractivity contribution is -0.133. The molecule has 8 nitrogen and oxygen atoms in total. The first kappa shape index (κ1) is 21.1. The summed E-state index contributed by atoms with van der Waals surface area (Å²) in [4.78, 5) is 38.7. The number of esters is 1. The normalized spacial score (nSPS) is 16.8. The molecular formula is C23H28N4O4. The molecule has 1 aliphatic carbocycles. The molecule has 0 atom stereocenters. The van der Waals surface area contributed by atoms with Crippen LogP contribution in [0.1, 0.15) is 59.0 Å². The Kier molecular flexibility index (Phi) is 6.06. The van der Waals surface area contributed by atoms with Gasteiger partial charge in [0, 0.05) is 30.6 Å². The molecule has 2 amide bonds. The fourth-order valence-corrected chi connectivity index (χ4v) is 3.93. The van der Waals surface area contributed by atoms with E-state index in [2.05, 4.69) is 10.4 Å². The predicted molar refractivity (Wildman–Crippen MR) is 114 cm³/mol. The number of carbonyl (C=O) groups is 3. The van der Waals surface area contributed by atoms with Gasteiger partial charge in [-0.2, -0.15) is 5.10 Å². The number of nitrogens with one attached hydrogen (secondary N) is 1. The Morgan fingerprint density at radius 2 is 1.77 bits per heavy atom. The maximum atomic E-state index is 12.7. The van der Waals surface area contributed by atoms with Crippen LogP contribution in [0.2, 0.25) is 0 Å². The Bertz CT molecular complexity index is 970. The van der Waals surface area contributed by atoms with Crippen molar-refractivity contribution in [2.75, 3.05) is 19.7 Å². The minimum Gasteiger partial charge on any atom is -0.462 e. The summed E-state index contributed by atoms with van der Waals surface area (Å²) in [5.41, 5.74) is 2.44. The maximum Gasteiger partial charge on any atom is 0.341 e. The highest BCUT2D eigenvalue weighted by Crippen LogP contribution is 2.31. The number of likely N-dealkylation sites (tertiary alicyclic amines) is 1. The van der Waals surface area contributed by atoms with Gasteiger partial charge in [0.05, 0.1) is 24.2 Å². The van der Waals surface area contributed by atoms with Gasteiger partial charge in [0.15, 0.2) is 0 Å². The lowest BCUT2D eigenvalue weighted by Gasteiger charge is -2.32. The van der Waals surface area contributed by atoms with Crippen molar-refractivity contribution in [2.24, 2.45) is 5.92 Å². The third-order valence-electron chi connectivity index (χ3n) is 5.95. The van der Waals surface area contributed by atoms with Crippen LogP contribution >= 0.6 is 0 Å². The monoisotopic (exact) mass is 424 g/mol. The van der Waals surface area contributed by atoms with Crippen LogP contribution in [0.15, 0.2) is 30.5 Å². The number of amides is 2. The zero-order chi connectivity index (χ0) is 22.0. The summed E-state index contributed by atoms with van der Waals surface area (Å²) in [5.74, 6) is 0.00638. The smallest absolute Gasteiger partial charge is 0.341 e. The molecule has 1 aliphatic heterocycles. The van der Waals surface area contributed by atoms with E-state index in [0.29, 0.717) is 36.5 Å². The maximum absolute atomic E-state index is 12.7. The van der Waals surface area contributed by atoms with E-state index in [9.17, 15) is 14.4 Å². The Morgan fingerprint density at radius 1 is 1.10 bits per heavy atom. The third kappa shape index (κ3) is 4.62.